The van der Waals surface area contributed by atoms with Gasteiger partial charge < -0.3 is 14.9 Å². The minimum atomic E-state index is -0.909. The van der Waals surface area contributed by atoms with E-state index >= 15 is 0 Å². The van der Waals surface area contributed by atoms with Crippen LogP contribution in [0.15, 0.2) is 18.3 Å². The fraction of sp³-hybridized carbons (Fsp3) is 0.538. The van der Waals surface area contributed by atoms with E-state index in [4.69, 9.17) is 5.11 Å². The molecule has 0 radical (unpaired) electrons. The maximum Gasteiger partial charge on any atom is 0.335 e. The zero-order chi connectivity index (χ0) is 13.1. The smallest absolute Gasteiger partial charge is 0.335 e. The second kappa shape index (κ2) is 5.35. The summed E-state index contributed by atoms with van der Waals surface area (Å²) in [6.45, 7) is 2.13. The number of nitrogens with zero attached hydrogens (tertiary/aromatic N) is 3. The summed E-state index contributed by atoms with van der Waals surface area (Å²) in [6, 6.07) is 3.56. The van der Waals surface area contributed by atoms with E-state index in [9.17, 15) is 4.79 Å². The van der Waals surface area contributed by atoms with Gasteiger partial charge in [0.25, 0.3) is 0 Å². The molecule has 0 bridgehead atoms. The van der Waals surface area contributed by atoms with Crippen molar-refractivity contribution in [2.45, 2.75) is 18.9 Å². The number of carboxylic acids is 1. The van der Waals surface area contributed by atoms with E-state index in [-0.39, 0.29) is 5.56 Å². The van der Waals surface area contributed by atoms with Crippen LogP contribution in [-0.4, -0.2) is 54.2 Å². The number of carboxylic acid groups (broad SMARTS) is 1. The van der Waals surface area contributed by atoms with Gasteiger partial charge in [-0.05, 0) is 38.6 Å². The van der Waals surface area contributed by atoms with Crippen molar-refractivity contribution in [3.63, 3.8) is 0 Å². The Balaban J connectivity index is 2.14. The second-order valence-corrected chi connectivity index (χ2v) is 4.88. The second-order valence-electron chi connectivity index (χ2n) is 4.88. The Labute approximate surface area is 107 Å². The minimum Gasteiger partial charge on any atom is -0.478 e. The summed E-state index contributed by atoms with van der Waals surface area (Å²) < 4.78 is 0. The van der Waals surface area contributed by atoms with Crippen LogP contribution < -0.4 is 4.90 Å². The SMILES string of the molecule is CN1CCCC(N(C)c2cc(C(=O)O)ccn2)C1. The van der Waals surface area contributed by atoms with Gasteiger partial charge in [0.2, 0.25) is 0 Å². The molecule has 2 rings (SSSR count). The van der Waals surface area contributed by atoms with E-state index in [1.165, 1.54) is 12.5 Å². The van der Waals surface area contributed by atoms with Crippen LogP contribution in [0.5, 0.6) is 0 Å². The van der Waals surface area contributed by atoms with Gasteiger partial charge in [0.1, 0.15) is 5.82 Å². The molecule has 5 heteroatoms. The van der Waals surface area contributed by atoms with Gasteiger partial charge >= 0.3 is 5.97 Å². The van der Waals surface area contributed by atoms with E-state index < -0.39 is 5.97 Å². The maximum absolute atomic E-state index is 10.9. The first-order chi connectivity index (χ1) is 8.58. The maximum atomic E-state index is 10.9. The molecular weight excluding hydrogens is 230 g/mol. The van der Waals surface area contributed by atoms with Crippen molar-refractivity contribution in [2.24, 2.45) is 0 Å². The van der Waals surface area contributed by atoms with E-state index in [0.29, 0.717) is 6.04 Å². The number of rotatable bonds is 3. The molecule has 1 aromatic rings. The van der Waals surface area contributed by atoms with E-state index in [0.717, 1.165) is 25.3 Å². The molecule has 0 aliphatic carbocycles. The van der Waals surface area contributed by atoms with Crippen LogP contribution >= 0.6 is 0 Å². The van der Waals surface area contributed by atoms with Crippen LogP contribution in [0.4, 0.5) is 5.82 Å². The molecular formula is C13H19N3O2. The summed E-state index contributed by atoms with van der Waals surface area (Å²) >= 11 is 0. The number of likely N-dealkylation sites (N-methyl/N-ethyl adjacent to an activating group) is 2. The molecule has 1 N–H and O–H groups in total. The fourth-order valence-corrected chi connectivity index (χ4v) is 2.39. The fourth-order valence-electron chi connectivity index (χ4n) is 2.39. The lowest BCUT2D eigenvalue weighted by Crippen LogP contribution is -2.45. The first-order valence-corrected chi connectivity index (χ1v) is 6.18. The first-order valence-electron chi connectivity index (χ1n) is 6.18. The lowest BCUT2D eigenvalue weighted by atomic mass is 10.0. The molecule has 1 fully saturated rings. The molecule has 1 aromatic heterocycles. The van der Waals surface area contributed by atoms with Crippen LogP contribution in [0.25, 0.3) is 0 Å². The van der Waals surface area contributed by atoms with Gasteiger partial charge in [-0.1, -0.05) is 0 Å². The van der Waals surface area contributed by atoms with Crippen molar-refractivity contribution >= 4 is 11.8 Å². The van der Waals surface area contributed by atoms with E-state index in [1.54, 1.807) is 12.3 Å². The number of piperidine rings is 1. The summed E-state index contributed by atoms with van der Waals surface area (Å²) in [5.74, 6) is -0.178. The molecule has 1 saturated heterocycles. The van der Waals surface area contributed by atoms with E-state index in [1.807, 2.05) is 7.05 Å². The number of aromatic nitrogens is 1. The van der Waals surface area contributed by atoms with Crippen LogP contribution in [0.3, 0.4) is 0 Å². The summed E-state index contributed by atoms with van der Waals surface area (Å²) in [7, 11) is 4.10. The molecule has 18 heavy (non-hydrogen) atoms. The molecule has 0 spiro atoms. The molecule has 2 heterocycles. The van der Waals surface area contributed by atoms with Crippen molar-refractivity contribution in [1.29, 1.82) is 0 Å². The zero-order valence-electron chi connectivity index (χ0n) is 10.8. The summed E-state index contributed by atoms with van der Waals surface area (Å²) in [4.78, 5) is 19.6. The Morgan fingerprint density at radius 2 is 2.39 bits per heavy atom. The van der Waals surface area contributed by atoms with Gasteiger partial charge in [0, 0.05) is 25.8 Å². The largest absolute Gasteiger partial charge is 0.478 e. The first kappa shape index (κ1) is 12.8. The van der Waals surface area contributed by atoms with Gasteiger partial charge in [0.05, 0.1) is 5.56 Å². The number of hydrogen-bond acceptors (Lipinski definition) is 4. The third kappa shape index (κ3) is 2.79. The molecule has 1 atom stereocenters. The molecule has 1 aliphatic rings. The topological polar surface area (TPSA) is 56.7 Å². The molecule has 0 saturated carbocycles. The standard InChI is InChI=1S/C13H19N3O2/c1-15-7-3-4-11(9-15)16(2)12-8-10(13(17)18)5-6-14-12/h5-6,8,11H,3-4,7,9H2,1-2H3,(H,17,18). The Bertz CT molecular complexity index is 436. The molecule has 5 nitrogen and oxygen atoms in total. The van der Waals surface area contributed by atoms with Gasteiger partial charge in [0.15, 0.2) is 0 Å². The predicted molar refractivity (Wildman–Crippen MR) is 70.1 cm³/mol. The summed E-state index contributed by atoms with van der Waals surface area (Å²) in [5.41, 5.74) is 0.288. The van der Waals surface area contributed by atoms with Gasteiger partial charge in [-0.3, -0.25) is 0 Å². The van der Waals surface area contributed by atoms with Crippen LogP contribution in [-0.2, 0) is 0 Å². The molecule has 1 unspecified atom stereocenters. The van der Waals surface area contributed by atoms with Gasteiger partial charge in [-0.2, -0.15) is 0 Å². The number of likely N-dealkylation sites (tertiary alicyclic amines) is 1. The molecule has 98 valence electrons. The predicted octanol–water partition coefficient (Wildman–Crippen LogP) is 1.31. The third-order valence-corrected chi connectivity index (χ3v) is 3.50. The number of carbonyl (C=O) groups is 1. The van der Waals surface area contributed by atoms with Crippen molar-refractivity contribution in [1.82, 2.24) is 9.88 Å². The van der Waals surface area contributed by atoms with Crippen LogP contribution in [0, 0.1) is 0 Å². The highest BCUT2D eigenvalue weighted by atomic mass is 16.4. The van der Waals surface area contributed by atoms with Crippen molar-refractivity contribution in [2.75, 3.05) is 32.1 Å². The monoisotopic (exact) mass is 249 g/mol. The number of aromatic carboxylic acids is 1. The Kier molecular flexibility index (Phi) is 3.81. The Hall–Kier alpha value is -1.62. The van der Waals surface area contributed by atoms with Crippen LogP contribution in [0.2, 0.25) is 0 Å². The molecule has 1 aliphatic heterocycles. The quantitative estimate of drug-likeness (QED) is 0.875. The highest BCUT2D eigenvalue weighted by Crippen LogP contribution is 2.19. The van der Waals surface area contributed by atoms with Crippen molar-refractivity contribution in [3.8, 4) is 0 Å². The Morgan fingerprint density at radius 3 is 3.06 bits per heavy atom. The van der Waals surface area contributed by atoms with Crippen molar-refractivity contribution in [3.05, 3.63) is 23.9 Å². The molecule has 0 amide bonds. The van der Waals surface area contributed by atoms with E-state index in [2.05, 4.69) is 21.8 Å². The Morgan fingerprint density at radius 1 is 1.61 bits per heavy atom. The summed E-state index contributed by atoms with van der Waals surface area (Å²) in [5, 5.41) is 8.99. The van der Waals surface area contributed by atoms with Gasteiger partial charge in [-0.15, -0.1) is 0 Å². The molecule has 0 aromatic carbocycles. The van der Waals surface area contributed by atoms with Crippen LogP contribution in [0.1, 0.15) is 23.2 Å². The summed E-state index contributed by atoms with van der Waals surface area (Å²) in [6.07, 6.45) is 3.85. The zero-order valence-corrected chi connectivity index (χ0v) is 10.8. The lowest BCUT2D eigenvalue weighted by molar-refractivity contribution is 0.0697. The highest BCUT2D eigenvalue weighted by molar-refractivity contribution is 5.88. The number of pyridine rings is 1. The normalized spacial score (nSPS) is 20.7. The number of hydrogen-bond donors (Lipinski definition) is 1. The highest BCUT2D eigenvalue weighted by Gasteiger charge is 2.22. The van der Waals surface area contributed by atoms with Gasteiger partial charge in [-0.25, -0.2) is 9.78 Å². The lowest BCUT2D eigenvalue weighted by Gasteiger charge is -2.36. The average Bonchev–Trinajstić information content (AvgIpc) is 2.38. The average molecular weight is 249 g/mol. The number of anilines is 1. The van der Waals surface area contributed by atoms with Crippen molar-refractivity contribution < 1.29 is 9.90 Å². The third-order valence-electron chi connectivity index (χ3n) is 3.50. The minimum absolute atomic E-state index is 0.288.